The van der Waals surface area contributed by atoms with Crippen molar-refractivity contribution in [2.24, 2.45) is 0 Å². The third-order valence-electron chi connectivity index (χ3n) is 2.06. The van der Waals surface area contributed by atoms with Gasteiger partial charge in [-0.25, -0.2) is 19.2 Å². The lowest BCUT2D eigenvalue weighted by Crippen LogP contribution is -2.16. The maximum atomic E-state index is 10.9. The summed E-state index contributed by atoms with van der Waals surface area (Å²) in [6.07, 6.45) is 0. The van der Waals surface area contributed by atoms with E-state index >= 15 is 0 Å². The van der Waals surface area contributed by atoms with Crippen LogP contribution in [-0.4, -0.2) is 55.3 Å². The Morgan fingerprint density at radius 3 is 1.20 bits per heavy atom. The second kappa shape index (κ2) is 6.82. The van der Waals surface area contributed by atoms with Crippen LogP contribution >= 0.6 is 0 Å². The number of rotatable bonds is 4. The molecule has 0 saturated heterocycles. The Bertz CT molecular complexity index is 538. The van der Waals surface area contributed by atoms with E-state index in [9.17, 15) is 19.2 Å². The van der Waals surface area contributed by atoms with Crippen LogP contribution in [0.15, 0.2) is 12.1 Å². The fraction of sp³-hybridized carbons (Fsp3) is 0. The summed E-state index contributed by atoms with van der Waals surface area (Å²) in [6, 6.07) is 1.20. The van der Waals surface area contributed by atoms with Gasteiger partial charge in [-0.3, -0.25) is 0 Å². The van der Waals surface area contributed by atoms with Gasteiger partial charge in [0.25, 0.3) is 0 Å². The SMILES string of the molecule is O.O.O=C(O)c1cc(C(=O)O)c(C(=O)O)c(C(=O)O)c1. The normalized spacial score (nSPS) is 8.80. The van der Waals surface area contributed by atoms with E-state index < -0.39 is 46.1 Å². The predicted molar refractivity (Wildman–Crippen MR) is 61.5 cm³/mol. The van der Waals surface area contributed by atoms with Crippen molar-refractivity contribution in [3.8, 4) is 0 Å². The molecule has 1 aromatic rings. The Morgan fingerprint density at radius 1 is 0.650 bits per heavy atom. The van der Waals surface area contributed by atoms with Gasteiger partial charge >= 0.3 is 23.9 Å². The largest absolute Gasteiger partial charge is 0.478 e. The molecule has 10 heteroatoms. The lowest BCUT2D eigenvalue weighted by Gasteiger charge is -2.07. The van der Waals surface area contributed by atoms with Crippen LogP contribution in [0.4, 0.5) is 0 Å². The van der Waals surface area contributed by atoms with Crippen molar-refractivity contribution >= 4 is 23.9 Å². The summed E-state index contributed by atoms with van der Waals surface area (Å²) in [5.41, 5.74) is -3.35. The molecule has 0 amide bonds. The van der Waals surface area contributed by atoms with Gasteiger partial charge in [0.2, 0.25) is 0 Å². The molecule has 0 saturated carbocycles. The van der Waals surface area contributed by atoms with E-state index in [-0.39, 0.29) is 11.0 Å². The molecule has 0 radical (unpaired) electrons. The number of hydrogen-bond donors (Lipinski definition) is 4. The Labute approximate surface area is 110 Å². The molecule has 1 aromatic carbocycles. The number of carboxylic acids is 4. The second-order valence-electron chi connectivity index (χ2n) is 3.17. The van der Waals surface area contributed by atoms with Crippen LogP contribution in [0, 0.1) is 0 Å². The fourth-order valence-electron chi connectivity index (χ4n) is 1.33. The molecule has 0 unspecified atom stereocenters. The first-order chi connectivity index (χ1) is 8.25. The number of carbonyl (C=O) groups is 4. The standard InChI is InChI=1S/C10H6O8.2H2O/c11-7(12)3-1-4(8(13)14)6(10(17)18)5(2-3)9(15)16;;/h1-2H,(H,11,12)(H,13,14)(H,15,16)(H,17,18);2*1H2. The summed E-state index contributed by atoms with van der Waals surface area (Å²) in [5.74, 6) is -6.77. The first-order valence-corrected chi connectivity index (χ1v) is 4.37. The van der Waals surface area contributed by atoms with Gasteiger partial charge in [0, 0.05) is 0 Å². The molecule has 0 spiro atoms. The van der Waals surface area contributed by atoms with Gasteiger partial charge in [-0.15, -0.1) is 0 Å². The Kier molecular flexibility index (Phi) is 6.60. The number of benzene rings is 1. The molecule has 0 bridgehead atoms. The fourth-order valence-corrected chi connectivity index (χ4v) is 1.33. The van der Waals surface area contributed by atoms with Gasteiger partial charge in [-0.05, 0) is 12.1 Å². The number of carboxylic acid groups (broad SMARTS) is 4. The van der Waals surface area contributed by atoms with Gasteiger partial charge < -0.3 is 31.4 Å². The molecule has 0 fully saturated rings. The first kappa shape index (κ1) is 19.4. The van der Waals surface area contributed by atoms with Crippen LogP contribution < -0.4 is 0 Å². The van der Waals surface area contributed by atoms with E-state index in [1.165, 1.54) is 0 Å². The Balaban J connectivity index is 0. The first-order valence-electron chi connectivity index (χ1n) is 4.37. The maximum absolute atomic E-state index is 10.9. The number of hydrogen-bond acceptors (Lipinski definition) is 4. The van der Waals surface area contributed by atoms with Crippen molar-refractivity contribution in [1.29, 1.82) is 0 Å². The highest BCUT2D eigenvalue weighted by molar-refractivity contribution is 6.10. The average Bonchev–Trinajstić information content (AvgIpc) is 2.26. The zero-order chi connectivity index (χ0) is 14.0. The Morgan fingerprint density at radius 2 is 1.00 bits per heavy atom. The van der Waals surface area contributed by atoms with E-state index in [0.29, 0.717) is 12.1 Å². The molecule has 110 valence electrons. The van der Waals surface area contributed by atoms with E-state index in [1.807, 2.05) is 0 Å². The van der Waals surface area contributed by atoms with Crippen LogP contribution in [0.3, 0.4) is 0 Å². The zero-order valence-electron chi connectivity index (χ0n) is 9.58. The molecule has 20 heavy (non-hydrogen) atoms. The van der Waals surface area contributed by atoms with Crippen molar-refractivity contribution < 1.29 is 50.6 Å². The van der Waals surface area contributed by atoms with E-state index in [2.05, 4.69) is 0 Å². The molecule has 0 aliphatic carbocycles. The van der Waals surface area contributed by atoms with Gasteiger partial charge in [-0.2, -0.15) is 0 Å². The minimum Gasteiger partial charge on any atom is -0.478 e. The zero-order valence-corrected chi connectivity index (χ0v) is 9.58. The molecule has 0 aliphatic heterocycles. The minimum absolute atomic E-state index is 0. The van der Waals surface area contributed by atoms with E-state index in [1.54, 1.807) is 0 Å². The van der Waals surface area contributed by atoms with Gasteiger partial charge in [-0.1, -0.05) is 0 Å². The van der Waals surface area contributed by atoms with Gasteiger partial charge in [0.1, 0.15) is 0 Å². The molecule has 0 aromatic heterocycles. The third-order valence-corrected chi connectivity index (χ3v) is 2.06. The highest BCUT2D eigenvalue weighted by atomic mass is 16.4. The summed E-state index contributed by atoms with van der Waals surface area (Å²) in [5, 5.41) is 35.0. The van der Waals surface area contributed by atoms with Crippen LogP contribution in [-0.2, 0) is 0 Å². The second-order valence-corrected chi connectivity index (χ2v) is 3.17. The molecular formula is C10H10O10. The van der Waals surface area contributed by atoms with Gasteiger partial charge in [0.15, 0.2) is 0 Å². The molecule has 0 heterocycles. The quantitative estimate of drug-likeness (QED) is 0.528. The summed E-state index contributed by atoms with van der Waals surface area (Å²) < 4.78 is 0. The van der Waals surface area contributed by atoms with Gasteiger partial charge in [0.05, 0.1) is 22.3 Å². The van der Waals surface area contributed by atoms with Crippen LogP contribution in [0.25, 0.3) is 0 Å². The molecule has 10 nitrogen and oxygen atoms in total. The van der Waals surface area contributed by atoms with Crippen LogP contribution in [0.1, 0.15) is 41.4 Å². The Hall–Kier alpha value is -2.98. The molecule has 1 rings (SSSR count). The average molecular weight is 290 g/mol. The topological polar surface area (TPSA) is 212 Å². The van der Waals surface area contributed by atoms with Crippen LogP contribution in [0.2, 0.25) is 0 Å². The summed E-state index contributed by atoms with van der Waals surface area (Å²) >= 11 is 0. The van der Waals surface area contributed by atoms with Crippen molar-refractivity contribution in [3.63, 3.8) is 0 Å². The van der Waals surface area contributed by atoms with Crippen molar-refractivity contribution in [1.82, 2.24) is 0 Å². The highest BCUT2D eigenvalue weighted by Crippen LogP contribution is 2.19. The predicted octanol–water partition coefficient (Wildman–Crippen LogP) is -1.17. The van der Waals surface area contributed by atoms with E-state index in [0.717, 1.165) is 0 Å². The number of aromatic carboxylic acids is 4. The molecular weight excluding hydrogens is 280 g/mol. The van der Waals surface area contributed by atoms with Crippen molar-refractivity contribution in [2.75, 3.05) is 0 Å². The third kappa shape index (κ3) is 3.51. The minimum atomic E-state index is -1.76. The highest BCUT2D eigenvalue weighted by Gasteiger charge is 2.26. The lowest BCUT2D eigenvalue weighted by atomic mass is 9.97. The monoisotopic (exact) mass is 290 g/mol. The molecule has 0 atom stereocenters. The maximum Gasteiger partial charge on any atom is 0.337 e. The smallest absolute Gasteiger partial charge is 0.337 e. The van der Waals surface area contributed by atoms with Crippen molar-refractivity contribution in [2.45, 2.75) is 0 Å². The molecule has 8 N–H and O–H groups in total. The van der Waals surface area contributed by atoms with E-state index in [4.69, 9.17) is 20.4 Å². The summed E-state index contributed by atoms with van der Waals surface area (Å²) in [4.78, 5) is 43.2. The lowest BCUT2D eigenvalue weighted by molar-refractivity contribution is 0.0631. The molecule has 0 aliphatic rings. The summed E-state index contributed by atoms with van der Waals surface area (Å²) in [7, 11) is 0. The van der Waals surface area contributed by atoms with Crippen LogP contribution in [0.5, 0.6) is 0 Å². The van der Waals surface area contributed by atoms with Crippen molar-refractivity contribution in [3.05, 3.63) is 34.4 Å². The summed E-state index contributed by atoms with van der Waals surface area (Å²) in [6.45, 7) is 0.